The number of nitro groups is 1. The zero-order valence-corrected chi connectivity index (χ0v) is 18.5. The van der Waals surface area contributed by atoms with E-state index in [1.54, 1.807) is 43.3 Å². The van der Waals surface area contributed by atoms with E-state index in [2.05, 4.69) is 0 Å². The van der Waals surface area contributed by atoms with Crippen LogP contribution >= 0.6 is 0 Å². The molecule has 0 aliphatic carbocycles. The monoisotopic (exact) mass is 470 g/mol. The second kappa shape index (κ2) is 8.53. The van der Waals surface area contributed by atoms with E-state index in [-0.39, 0.29) is 34.6 Å². The first-order chi connectivity index (χ1) is 16.9. The number of nitrogens with zero attached hydrogens (tertiary/aromatic N) is 2. The van der Waals surface area contributed by atoms with Gasteiger partial charge in [-0.25, -0.2) is 4.79 Å². The van der Waals surface area contributed by atoms with E-state index in [9.17, 15) is 24.5 Å². The van der Waals surface area contributed by atoms with Gasteiger partial charge in [0.1, 0.15) is 5.58 Å². The Morgan fingerprint density at radius 2 is 1.71 bits per heavy atom. The fourth-order valence-corrected chi connectivity index (χ4v) is 4.25. The lowest BCUT2D eigenvalue weighted by Crippen LogP contribution is -2.29. The van der Waals surface area contributed by atoms with E-state index in [4.69, 9.17) is 9.15 Å². The number of ether oxygens (including phenoxy) is 1. The molecule has 0 fully saturated rings. The Morgan fingerprint density at radius 1 is 1.03 bits per heavy atom. The molecule has 3 aromatic carbocycles. The van der Waals surface area contributed by atoms with Crippen LogP contribution in [0.4, 0.5) is 11.4 Å². The molecule has 35 heavy (non-hydrogen) atoms. The standard InChI is InChI=1S/C26H18N2O7/c1-2-34-26(31)16-9-11-17(12-10-16)27-22(15-7-13-18(14-8-15)28(32)33)21-23(29)19-5-3-4-6-20(19)35-24(21)25(27)30/h3-14,22H,2H2,1H3. The summed E-state index contributed by atoms with van der Waals surface area (Å²) in [5.41, 5.74) is 1.19. The van der Waals surface area contributed by atoms with Crippen molar-refractivity contribution >= 4 is 34.2 Å². The molecule has 1 aliphatic rings. The predicted octanol–water partition coefficient (Wildman–Crippen LogP) is 4.63. The molecule has 0 bridgehead atoms. The summed E-state index contributed by atoms with van der Waals surface area (Å²) in [5, 5.41) is 11.5. The number of hydrogen-bond donors (Lipinski definition) is 0. The number of rotatable bonds is 5. The van der Waals surface area contributed by atoms with Crippen LogP contribution in [0, 0.1) is 10.1 Å². The number of hydrogen-bond acceptors (Lipinski definition) is 7. The van der Waals surface area contributed by atoms with Crippen molar-refractivity contribution in [2.24, 2.45) is 0 Å². The molecule has 1 unspecified atom stereocenters. The predicted molar refractivity (Wildman–Crippen MR) is 127 cm³/mol. The molecule has 4 aromatic rings. The SMILES string of the molecule is CCOC(=O)c1ccc(N2C(=O)c3oc4ccccc4c(=O)c3C2c2ccc([N+](=O)[O-])cc2)cc1. The van der Waals surface area contributed by atoms with Crippen LogP contribution in [-0.2, 0) is 4.74 Å². The highest BCUT2D eigenvalue weighted by Gasteiger charge is 2.43. The van der Waals surface area contributed by atoms with Crippen LogP contribution in [0.15, 0.2) is 82.0 Å². The highest BCUT2D eigenvalue weighted by molar-refractivity contribution is 6.10. The van der Waals surface area contributed by atoms with Crippen molar-refractivity contribution in [2.45, 2.75) is 13.0 Å². The lowest BCUT2D eigenvalue weighted by atomic mass is 9.98. The van der Waals surface area contributed by atoms with Crippen LogP contribution in [-0.4, -0.2) is 23.4 Å². The molecule has 1 amide bonds. The van der Waals surface area contributed by atoms with Crippen LogP contribution in [0.25, 0.3) is 11.0 Å². The maximum Gasteiger partial charge on any atom is 0.338 e. The highest BCUT2D eigenvalue weighted by atomic mass is 16.6. The van der Waals surface area contributed by atoms with Gasteiger partial charge in [0.2, 0.25) is 5.76 Å². The van der Waals surface area contributed by atoms with Crippen LogP contribution < -0.4 is 10.3 Å². The Balaban J connectivity index is 1.69. The Hall–Kier alpha value is -4.79. The first-order valence-corrected chi connectivity index (χ1v) is 10.8. The average molecular weight is 470 g/mol. The molecule has 9 heteroatoms. The van der Waals surface area contributed by atoms with Gasteiger partial charge < -0.3 is 9.15 Å². The van der Waals surface area contributed by atoms with Gasteiger partial charge in [0.25, 0.3) is 11.6 Å². The molecule has 174 valence electrons. The van der Waals surface area contributed by atoms with Gasteiger partial charge >= 0.3 is 5.97 Å². The second-order valence-electron chi connectivity index (χ2n) is 7.86. The first-order valence-electron chi connectivity index (χ1n) is 10.8. The maximum atomic E-state index is 13.6. The number of para-hydroxylation sites is 1. The van der Waals surface area contributed by atoms with Crippen molar-refractivity contribution < 1.29 is 23.7 Å². The van der Waals surface area contributed by atoms with Gasteiger partial charge in [0, 0.05) is 17.8 Å². The molecule has 1 atom stereocenters. The third kappa shape index (κ3) is 3.63. The molecular weight excluding hydrogens is 452 g/mol. The van der Waals surface area contributed by atoms with Gasteiger partial charge in [-0.15, -0.1) is 0 Å². The number of carbonyl (C=O) groups excluding carboxylic acids is 2. The molecule has 0 spiro atoms. The van der Waals surface area contributed by atoms with Crippen LogP contribution in [0.1, 0.15) is 45.0 Å². The van der Waals surface area contributed by atoms with Crippen molar-refractivity contribution in [2.75, 3.05) is 11.5 Å². The molecule has 0 saturated carbocycles. The fourth-order valence-electron chi connectivity index (χ4n) is 4.25. The zero-order valence-electron chi connectivity index (χ0n) is 18.5. The molecule has 0 saturated heterocycles. The van der Waals surface area contributed by atoms with Crippen molar-refractivity contribution in [3.8, 4) is 0 Å². The lowest BCUT2D eigenvalue weighted by Gasteiger charge is -2.25. The lowest BCUT2D eigenvalue weighted by molar-refractivity contribution is -0.384. The van der Waals surface area contributed by atoms with Crippen LogP contribution in [0.5, 0.6) is 0 Å². The third-order valence-corrected chi connectivity index (χ3v) is 5.85. The Kier molecular flexibility index (Phi) is 5.37. The minimum Gasteiger partial charge on any atom is -0.462 e. The van der Waals surface area contributed by atoms with Gasteiger partial charge in [-0.2, -0.15) is 0 Å². The van der Waals surface area contributed by atoms with E-state index < -0.39 is 22.8 Å². The van der Waals surface area contributed by atoms with E-state index >= 15 is 0 Å². The van der Waals surface area contributed by atoms with Gasteiger partial charge in [0.05, 0.1) is 34.1 Å². The number of anilines is 1. The molecule has 0 radical (unpaired) electrons. The summed E-state index contributed by atoms with van der Waals surface area (Å²) in [6.45, 7) is 1.93. The minimum absolute atomic E-state index is 0.0912. The van der Waals surface area contributed by atoms with E-state index in [0.29, 0.717) is 22.2 Å². The summed E-state index contributed by atoms with van der Waals surface area (Å²) >= 11 is 0. The van der Waals surface area contributed by atoms with Crippen molar-refractivity contribution in [1.29, 1.82) is 0 Å². The normalized spacial score (nSPS) is 14.7. The number of carbonyl (C=O) groups is 2. The Morgan fingerprint density at radius 3 is 2.37 bits per heavy atom. The summed E-state index contributed by atoms with van der Waals surface area (Å²) in [6.07, 6.45) is 0. The smallest absolute Gasteiger partial charge is 0.338 e. The molecule has 0 N–H and O–H groups in total. The third-order valence-electron chi connectivity index (χ3n) is 5.85. The molecular formula is C26H18N2O7. The highest BCUT2D eigenvalue weighted by Crippen LogP contribution is 2.41. The second-order valence-corrected chi connectivity index (χ2v) is 7.86. The summed E-state index contributed by atoms with van der Waals surface area (Å²) in [7, 11) is 0. The quantitative estimate of drug-likeness (QED) is 0.237. The van der Waals surface area contributed by atoms with Crippen LogP contribution in [0.2, 0.25) is 0 Å². The minimum atomic E-state index is -0.882. The maximum absolute atomic E-state index is 13.6. The molecule has 5 rings (SSSR count). The number of nitro benzene ring substituents is 1. The number of non-ortho nitro benzene ring substituents is 1. The van der Waals surface area contributed by atoms with E-state index in [1.165, 1.54) is 41.3 Å². The summed E-state index contributed by atoms with van der Waals surface area (Å²) in [6, 6.07) is 17.7. The first kappa shape index (κ1) is 22.0. The van der Waals surface area contributed by atoms with Crippen molar-refractivity contribution in [3.63, 3.8) is 0 Å². The molecule has 9 nitrogen and oxygen atoms in total. The van der Waals surface area contributed by atoms with Crippen molar-refractivity contribution in [1.82, 2.24) is 0 Å². The molecule has 1 aliphatic heterocycles. The molecule has 2 heterocycles. The van der Waals surface area contributed by atoms with Gasteiger partial charge in [0.15, 0.2) is 5.43 Å². The number of amides is 1. The number of esters is 1. The Bertz CT molecular complexity index is 1540. The summed E-state index contributed by atoms with van der Waals surface area (Å²) in [5.74, 6) is -1.12. The number of fused-ring (bicyclic) bond motifs is 2. The number of benzene rings is 3. The van der Waals surface area contributed by atoms with Crippen molar-refractivity contribution in [3.05, 3.63) is 116 Å². The summed E-state index contributed by atoms with van der Waals surface area (Å²) in [4.78, 5) is 51.1. The van der Waals surface area contributed by atoms with Gasteiger partial charge in [-0.3, -0.25) is 24.6 Å². The van der Waals surface area contributed by atoms with Gasteiger partial charge in [-0.1, -0.05) is 12.1 Å². The average Bonchev–Trinajstić information content (AvgIpc) is 3.17. The topological polar surface area (TPSA) is 120 Å². The van der Waals surface area contributed by atoms with E-state index in [1.807, 2.05) is 0 Å². The Labute approximate surface area is 198 Å². The van der Waals surface area contributed by atoms with Gasteiger partial charge in [-0.05, 0) is 61.0 Å². The summed E-state index contributed by atoms with van der Waals surface area (Å²) < 4.78 is 10.9. The largest absolute Gasteiger partial charge is 0.462 e. The van der Waals surface area contributed by atoms with E-state index in [0.717, 1.165) is 0 Å². The zero-order chi connectivity index (χ0) is 24.7. The molecule has 1 aromatic heterocycles. The fraction of sp³-hybridized carbons (Fsp3) is 0.115. The van der Waals surface area contributed by atoms with Crippen LogP contribution in [0.3, 0.4) is 0 Å².